The van der Waals surface area contributed by atoms with Gasteiger partial charge in [-0.25, -0.2) is 9.78 Å². The number of carbonyl (C=O) groups is 1. The Morgan fingerprint density at radius 1 is 1.35 bits per heavy atom. The number of pyridine rings is 1. The second kappa shape index (κ2) is 5.25. The average molecular weight is 273 g/mol. The molecule has 0 aromatic carbocycles. The number of hydrogen-bond donors (Lipinski definition) is 1. The predicted octanol–water partition coefficient (Wildman–Crippen LogP) is 2.23. The molecule has 1 aliphatic heterocycles. The molecule has 0 saturated carbocycles. The highest BCUT2D eigenvalue weighted by Crippen LogP contribution is 2.27. The van der Waals surface area contributed by atoms with Crippen LogP contribution in [0.25, 0.3) is 5.65 Å². The maximum Gasteiger partial charge on any atom is 0.337 e. The molecule has 2 aromatic rings. The summed E-state index contributed by atoms with van der Waals surface area (Å²) in [5.41, 5.74) is 2.20. The predicted molar refractivity (Wildman–Crippen MR) is 76.2 cm³/mol. The number of carboxylic acid groups (broad SMARTS) is 1. The molecule has 2 aromatic heterocycles. The number of imidazole rings is 1. The minimum atomic E-state index is -0.904. The van der Waals surface area contributed by atoms with E-state index in [9.17, 15) is 4.79 Å². The summed E-state index contributed by atoms with van der Waals surface area (Å²) in [7, 11) is 0. The third-order valence-corrected chi connectivity index (χ3v) is 4.17. The fraction of sp³-hybridized carbons (Fsp3) is 0.467. The molecule has 5 nitrogen and oxygen atoms in total. The molecule has 106 valence electrons. The van der Waals surface area contributed by atoms with Crippen molar-refractivity contribution in [2.24, 2.45) is 0 Å². The summed E-state index contributed by atoms with van der Waals surface area (Å²) in [4.78, 5) is 18.1. The van der Waals surface area contributed by atoms with E-state index in [0.717, 1.165) is 43.8 Å². The van der Waals surface area contributed by atoms with E-state index in [1.165, 1.54) is 0 Å². The van der Waals surface area contributed by atoms with Crippen molar-refractivity contribution in [3.05, 3.63) is 35.8 Å². The van der Waals surface area contributed by atoms with Crippen molar-refractivity contribution in [2.75, 3.05) is 19.6 Å². The summed E-state index contributed by atoms with van der Waals surface area (Å²) in [6.45, 7) is 5.54. The van der Waals surface area contributed by atoms with Crippen LogP contribution < -0.4 is 0 Å². The van der Waals surface area contributed by atoms with Crippen molar-refractivity contribution in [3.63, 3.8) is 0 Å². The Morgan fingerprint density at radius 3 is 2.75 bits per heavy atom. The van der Waals surface area contributed by atoms with Gasteiger partial charge in [0.15, 0.2) is 0 Å². The second-order valence-electron chi connectivity index (χ2n) is 5.36. The highest BCUT2D eigenvalue weighted by atomic mass is 16.4. The minimum absolute atomic E-state index is 0.294. The molecule has 0 unspecified atom stereocenters. The highest BCUT2D eigenvalue weighted by Gasteiger charge is 2.21. The molecule has 0 amide bonds. The fourth-order valence-electron chi connectivity index (χ4n) is 2.88. The van der Waals surface area contributed by atoms with E-state index in [1.54, 1.807) is 18.3 Å². The molecule has 0 radical (unpaired) electrons. The van der Waals surface area contributed by atoms with Crippen molar-refractivity contribution >= 4 is 11.6 Å². The van der Waals surface area contributed by atoms with Gasteiger partial charge in [-0.2, -0.15) is 0 Å². The van der Waals surface area contributed by atoms with Crippen molar-refractivity contribution in [2.45, 2.75) is 25.7 Å². The maximum absolute atomic E-state index is 11.0. The smallest absolute Gasteiger partial charge is 0.337 e. The van der Waals surface area contributed by atoms with E-state index < -0.39 is 5.97 Å². The molecule has 1 N–H and O–H groups in total. The van der Waals surface area contributed by atoms with Gasteiger partial charge in [0.1, 0.15) is 5.65 Å². The van der Waals surface area contributed by atoms with Crippen LogP contribution >= 0.6 is 0 Å². The first-order chi connectivity index (χ1) is 9.67. The number of likely N-dealkylation sites (tertiary alicyclic amines) is 1. The fourth-order valence-corrected chi connectivity index (χ4v) is 2.88. The Balaban J connectivity index is 1.84. The lowest BCUT2D eigenvalue weighted by molar-refractivity contribution is 0.0696. The van der Waals surface area contributed by atoms with Crippen LogP contribution in [0, 0.1) is 0 Å². The van der Waals surface area contributed by atoms with E-state index >= 15 is 0 Å². The van der Waals surface area contributed by atoms with Gasteiger partial charge >= 0.3 is 5.97 Å². The van der Waals surface area contributed by atoms with Gasteiger partial charge in [0.25, 0.3) is 0 Å². The number of hydrogen-bond acceptors (Lipinski definition) is 3. The molecule has 0 aliphatic carbocycles. The van der Waals surface area contributed by atoms with Gasteiger partial charge in [0, 0.05) is 18.3 Å². The van der Waals surface area contributed by atoms with E-state index in [2.05, 4.69) is 16.8 Å². The number of fused-ring (bicyclic) bond motifs is 1. The Hall–Kier alpha value is -1.88. The van der Waals surface area contributed by atoms with Gasteiger partial charge in [0.2, 0.25) is 0 Å². The van der Waals surface area contributed by atoms with Crippen molar-refractivity contribution in [1.29, 1.82) is 0 Å². The molecule has 1 fully saturated rings. The highest BCUT2D eigenvalue weighted by molar-refractivity contribution is 5.87. The van der Waals surface area contributed by atoms with Crippen LogP contribution in [0.5, 0.6) is 0 Å². The lowest BCUT2D eigenvalue weighted by Gasteiger charge is -2.30. The number of nitrogens with zero attached hydrogens (tertiary/aromatic N) is 3. The third-order valence-electron chi connectivity index (χ3n) is 4.17. The van der Waals surface area contributed by atoms with E-state index in [-0.39, 0.29) is 0 Å². The van der Waals surface area contributed by atoms with Crippen LogP contribution in [-0.2, 0) is 0 Å². The third kappa shape index (κ3) is 2.41. The number of aromatic nitrogens is 2. The molecule has 5 heteroatoms. The number of aromatic carboxylic acids is 1. The SMILES string of the molecule is CCN1CCC(c2cn3cc(C(=O)O)ccc3n2)CC1. The van der Waals surface area contributed by atoms with Gasteiger partial charge in [0.05, 0.1) is 11.3 Å². The zero-order chi connectivity index (χ0) is 14.1. The summed E-state index contributed by atoms with van der Waals surface area (Å²) in [5.74, 6) is -0.413. The quantitative estimate of drug-likeness (QED) is 0.931. The van der Waals surface area contributed by atoms with Crippen molar-refractivity contribution in [3.8, 4) is 0 Å². The monoisotopic (exact) mass is 273 g/mol. The second-order valence-corrected chi connectivity index (χ2v) is 5.36. The maximum atomic E-state index is 11.0. The topological polar surface area (TPSA) is 57.8 Å². The van der Waals surface area contributed by atoms with Crippen LogP contribution in [0.1, 0.15) is 41.7 Å². The summed E-state index contributed by atoms with van der Waals surface area (Å²) in [6.07, 6.45) is 5.87. The first kappa shape index (κ1) is 13.1. The molecule has 20 heavy (non-hydrogen) atoms. The average Bonchev–Trinajstić information content (AvgIpc) is 2.90. The van der Waals surface area contributed by atoms with E-state index in [1.807, 2.05) is 10.6 Å². The molecule has 0 atom stereocenters. The van der Waals surface area contributed by atoms with Crippen LogP contribution in [0.3, 0.4) is 0 Å². The van der Waals surface area contributed by atoms with E-state index in [0.29, 0.717) is 11.5 Å². The first-order valence-electron chi connectivity index (χ1n) is 7.11. The standard InChI is InChI=1S/C15H19N3O2/c1-2-17-7-5-11(6-8-17)13-10-18-9-12(15(19)20)3-4-14(18)16-13/h3-4,9-11H,2,5-8H2,1H3,(H,19,20). The lowest BCUT2D eigenvalue weighted by atomic mass is 9.94. The molecule has 1 saturated heterocycles. The Bertz CT molecular complexity index is 627. The molecular formula is C15H19N3O2. The molecule has 0 spiro atoms. The van der Waals surface area contributed by atoms with Crippen LogP contribution in [-0.4, -0.2) is 45.0 Å². The molecular weight excluding hydrogens is 254 g/mol. The van der Waals surface area contributed by atoms with Gasteiger partial charge in [-0.1, -0.05) is 6.92 Å². The Labute approximate surface area is 117 Å². The molecule has 3 rings (SSSR count). The number of piperidine rings is 1. The zero-order valence-corrected chi connectivity index (χ0v) is 11.6. The summed E-state index contributed by atoms with van der Waals surface area (Å²) >= 11 is 0. The van der Waals surface area contributed by atoms with Gasteiger partial charge in [-0.05, 0) is 44.6 Å². The van der Waals surface area contributed by atoms with Gasteiger partial charge < -0.3 is 14.4 Å². The zero-order valence-electron chi connectivity index (χ0n) is 11.6. The largest absolute Gasteiger partial charge is 0.478 e. The van der Waals surface area contributed by atoms with Crippen LogP contribution in [0.2, 0.25) is 0 Å². The lowest BCUT2D eigenvalue weighted by Crippen LogP contribution is -2.32. The number of rotatable bonds is 3. The van der Waals surface area contributed by atoms with Crippen molar-refractivity contribution in [1.82, 2.24) is 14.3 Å². The van der Waals surface area contributed by atoms with Crippen LogP contribution in [0.15, 0.2) is 24.5 Å². The summed E-state index contributed by atoms with van der Waals surface area (Å²) in [5, 5.41) is 9.02. The number of carboxylic acids is 1. The van der Waals surface area contributed by atoms with Crippen molar-refractivity contribution < 1.29 is 9.90 Å². The normalized spacial score (nSPS) is 17.6. The molecule has 1 aliphatic rings. The minimum Gasteiger partial charge on any atom is -0.478 e. The van der Waals surface area contributed by atoms with E-state index in [4.69, 9.17) is 5.11 Å². The Morgan fingerprint density at radius 2 is 2.10 bits per heavy atom. The van der Waals surface area contributed by atoms with Crippen LogP contribution in [0.4, 0.5) is 0 Å². The summed E-state index contributed by atoms with van der Waals surface area (Å²) < 4.78 is 1.82. The summed E-state index contributed by atoms with van der Waals surface area (Å²) in [6, 6.07) is 3.38. The van der Waals surface area contributed by atoms with Gasteiger partial charge in [-0.15, -0.1) is 0 Å². The first-order valence-corrected chi connectivity index (χ1v) is 7.11. The molecule has 0 bridgehead atoms. The van der Waals surface area contributed by atoms with Gasteiger partial charge in [-0.3, -0.25) is 0 Å². The Kier molecular flexibility index (Phi) is 3.44. The molecule has 3 heterocycles.